The molecular formula is C19H34O5. The summed E-state index contributed by atoms with van der Waals surface area (Å²) in [5, 5.41) is 19.5. The number of hydrogen-bond acceptors (Lipinski definition) is 4. The van der Waals surface area contributed by atoms with Crippen molar-refractivity contribution in [3.63, 3.8) is 0 Å². The summed E-state index contributed by atoms with van der Waals surface area (Å²) in [4.78, 5) is 23.8. The molecule has 0 aromatic rings. The van der Waals surface area contributed by atoms with Crippen molar-refractivity contribution >= 4 is 11.8 Å². The highest BCUT2D eigenvalue weighted by Crippen LogP contribution is 2.32. The number of carboxylic acid groups (broad SMARTS) is 1. The number of carbonyl (C=O) groups is 2. The fraction of sp³-hybridized carbons (Fsp3) is 0.789. The van der Waals surface area contributed by atoms with Crippen molar-refractivity contribution in [3.8, 4) is 0 Å². The Hall–Kier alpha value is -1.20. The Labute approximate surface area is 146 Å². The zero-order chi connectivity index (χ0) is 18.9. The maximum atomic E-state index is 12.8. The molecule has 140 valence electrons. The quantitative estimate of drug-likeness (QED) is 0.419. The molecule has 24 heavy (non-hydrogen) atoms. The van der Waals surface area contributed by atoms with Crippen LogP contribution in [0.3, 0.4) is 0 Å². The second kappa shape index (κ2) is 10.6. The van der Waals surface area contributed by atoms with E-state index < -0.39 is 29.5 Å². The number of carbonyl (C=O) groups excluding carboxylic acids is 1. The molecule has 5 heteroatoms. The Bertz CT molecular complexity index is 427. The van der Waals surface area contributed by atoms with Gasteiger partial charge in [0.25, 0.3) is 0 Å². The number of Topliss-reactive ketones (excluding diaryl/α,β-unsaturated/α-hetero) is 1. The molecule has 0 amide bonds. The summed E-state index contributed by atoms with van der Waals surface area (Å²) in [5.74, 6) is -1.73. The summed E-state index contributed by atoms with van der Waals surface area (Å²) in [6, 6.07) is 0. The van der Waals surface area contributed by atoms with Crippen LogP contribution in [0.25, 0.3) is 0 Å². The molecule has 0 aliphatic carbocycles. The van der Waals surface area contributed by atoms with Crippen LogP contribution in [-0.2, 0) is 14.3 Å². The first-order valence-electron chi connectivity index (χ1n) is 8.67. The number of ether oxygens (including phenoxy) is 1. The molecule has 2 N–H and O–H groups in total. The summed E-state index contributed by atoms with van der Waals surface area (Å²) < 4.78 is 5.24. The molecule has 0 rings (SSSR count). The Kier molecular flexibility index (Phi) is 10.1. The second-order valence-electron chi connectivity index (χ2n) is 7.16. The lowest BCUT2D eigenvalue weighted by Gasteiger charge is -2.35. The van der Waals surface area contributed by atoms with Gasteiger partial charge in [0, 0.05) is 13.0 Å². The van der Waals surface area contributed by atoms with E-state index in [1.54, 1.807) is 20.8 Å². The molecule has 0 aromatic heterocycles. The zero-order valence-corrected chi connectivity index (χ0v) is 15.9. The van der Waals surface area contributed by atoms with Gasteiger partial charge in [-0.15, -0.1) is 0 Å². The minimum Gasteiger partial charge on any atom is -0.481 e. The van der Waals surface area contributed by atoms with Crippen molar-refractivity contribution in [2.24, 2.45) is 17.3 Å². The van der Waals surface area contributed by atoms with Crippen molar-refractivity contribution in [3.05, 3.63) is 12.2 Å². The van der Waals surface area contributed by atoms with Gasteiger partial charge in [0.1, 0.15) is 5.78 Å². The van der Waals surface area contributed by atoms with E-state index in [1.165, 1.54) is 7.11 Å². The van der Waals surface area contributed by atoms with E-state index in [-0.39, 0.29) is 18.1 Å². The molecular weight excluding hydrogens is 308 g/mol. The topological polar surface area (TPSA) is 83.8 Å². The molecule has 0 aromatic carbocycles. The lowest BCUT2D eigenvalue weighted by Crippen LogP contribution is -2.46. The number of rotatable bonds is 12. The van der Waals surface area contributed by atoms with Crippen LogP contribution in [0.4, 0.5) is 0 Å². The van der Waals surface area contributed by atoms with E-state index in [0.717, 1.165) is 19.3 Å². The summed E-state index contributed by atoms with van der Waals surface area (Å²) in [6.07, 6.45) is 5.16. The minimum absolute atomic E-state index is 0.00507. The lowest BCUT2D eigenvalue weighted by molar-refractivity contribution is -0.149. The zero-order valence-electron chi connectivity index (χ0n) is 15.9. The summed E-state index contributed by atoms with van der Waals surface area (Å²) in [5.41, 5.74) is -0.974. The van der Waals surface area contributed by atoms with Crippen LogP contribution in [0.1, 0.15) is 60.3 Å². The van der Waals surface area contributed by atoms with Gasteiger partial charge in [0.2, 0.25) is 0 Å². The van der Waals surface area contributed by atoms with Gasteiger partial charge in [-0.2, -0.15) is 0 Å². The van der Waals surface area contributed by atoms with Gasteiger partial charge in [0.05, 0.1) is 24.0 Å². The molecule has 4 unspecified atom stereocenters. The third kappa shape index (κ3) is 6.73. The monoisotopic (exact) mass is 342 g/mol. The van der Waals surface area contributed by atoms with Crippen LogP contribution in [0.5, 0.6) is 0 Å². The molecule has 0 aliphatic heterocycles. The Morgan fingerprint density at radius 2 is 1.83 bits per heavy atom. The van der Waals surface area contributed by atoms with E-state index in [2.05, 4.69) is 6.08 Å². The number of hydrogen-bond donors (Lipinski definition) is 2. The summed E-state index contributed by atoms with van der Waals surface area (Å²) >= 11 is 0. The van der Waals surface area contributed by atoms with E-state index in [4.69, 9.17) is 9.84 Å². The highest BCUT2D eigenvalue weighted by Gasteiger charge is 2.42. The van der Waals surface area contributed by atoms with E-state index in [1.807, 2.05) is 19.9 Å². The Balaban J connectivity index is 4.89. The van der Waals surface area contributed by atoms with E-state index >= 15 is 0 Å². The van der Waals surface area contributed by atoms with E-state index in [9.17, 15) is 14.7 Å². The summed E-state index contributed by atoms with van der Waals surface area (Å²) in [6.45, 7) is 9.01. The third-order valence-corrected chi connectivity index (χ3v) is 4.86. The number of aliphatic hydroxyl groups is 1. The van der Waals surface area contributed by atoms with Crippen molar-refractivity contribution in [2.45, 2.75) is 72.5 Å². The molecule has 0 saturated heterocycles. The van der Waals surface area contributed by atoms with Crippen molar-refractivity contribution < 1.29 is 24.5 Å². The number of aliphatic carboxylic acids is 1. The number of carboxylic acids is 1. The van der Waals surface area contributed by atoms with Crippen molar-refractivity contribution in [1.82, 2.24) is 0 Å². The molecule has 0 heterocycles. The molecule has 0 spiro atoms. The van der Waals surface area contributed by atoms with Crippen LogP contribution in [-0.4, -0.2) is 41.3 Å². The Morgan fingerprint density at radius 1 is 1.25 bits per heavy atom. The van der Waals surface area contributed by atoms with Crippen LogP contribution in [0.15, 0.2) is 12.2 Å². The van der Waals surface area contributed by atoms with Gasteiger partial charge in [-0.05, 0) is 32.1 Å². The van der Waals surface area contributed by atoms with Crippen LogP contribution < -0.4 is 0 Å². The number of ketones is 1. The highest BCUT2D eigenvalue weighted by molar-refractivity contribution is 5.87. The normalized spacial score (nSPS) is 17.5. The molecule has 5 nitrogen and oxygen atoms in total. The standard InChI is InChI=1S/C19H34O5/c1-7-8-9-10-11-13(2)17(22)14(3)18(23)19(4,5)15(24-6)12-16(20)21/h7-8,13-15,17,22H,9-12H2,1-6H3,(H,20,21)/b8-7+. The van der Waals surface area contributed by atoms with Crippen molar-refractivity contribution in [1.29, 1.82) is 0 Å². The molecule has 4 atom stereocenters. The molecule has 0 aliphatic rings. The highest BCUT2D eigenvalue weighted by atomic mass is 16.5. The maximum Gasteiger partial charge on any atom is 0.306 e. The Morgan fingerprint density at radius 3 is 2.29 bits per heavy atom. The van der Waals surface area contributed by atoms with E-state index in [0.29, 0.717) is 0 Å². The number of unbranched alkanes of at least 4 members (excludes halogenated alkanes) is 1. The molecule has 0 radical (unpaired) electrons. The summed E-state index contributed by atoms with van der Waals surface area (Å²) in [7, 11) is 1.41. The van der Waals surface area contributed by atoms with Gasteiger partial charge < -0.3 is 14.9 Å². The first kappa shape index (κ1) is 22.8. The lowest BCUT2D eigenvalue weighted by atomic mass is 9.73. The average molecular weight is 342 g/mol. The second-order valence-corrected chi connectivity index (χ2v) is 7.16. The van der Waals surface area contributed by atoms with Gasteiger partial charge in [-0.25, -0.2) is 0 Å². The fourth-order valence-electron chi connectivity index (χ4n) is 3.08. The minimum atomic E-state index is -1.01. The average Bonchev–Trinajstić information content (AvgIpc) is 2.53. The number of methoxy groups -OCH3 is 1. The SMILES string of the molecule is C/C=C/CCCC(C)C(O)C(C)C(=O)C(C)(C)C(CC(=O)O)OC. The predicted octanol–water partition coefficient (Wildman–Crippen LogP) is 3.45. The fourth-order valence-corrected chi connectivity index (χ4v) is 3.08. The van der Waals surface area contributed by atoms with Crippen molar-refractivity contribution in [2.75, 3.05) is 7.11 Å². The van der Waals surface area contributed by atoms with Crippen LogP contribution in [0.2, 0.25) is 0 Å². The van der Waals surface area contributed by atoms with Gasteiger partial charge >= 0.3 is 5.97 Å². The largest absolute Gasteiger partial charge is 0.481 e. The smallest absolute Gasteiger partial charge is 0.306 e. The predicted molar refractivity (Wildman–Crippen MR) is 94.8 cm³/mol. The number of allylic oxidation sites excluding steroid dienone is 2. The molecule has 0 bridgehead atoms. The third-order valence-electron chi connectivity index (χ3n) is 4.86. The van der Waals surface area contributed by atoms with Gasteiger partial charge in [0.15, 0.2) is 0 Å². The first-order chi connectivity index (χ1) is 11.1. The number of aliphatic hydroxyl groups excluding tert-OH is 1. The van der Waals surface area contributed by atoms with Gasteiger partial charge in [-0.3, -0.25) is 9.59 Å². The van der Waals surface area contributed by atoms with Gasteiger partial charge in [-0.1, -0.05) is 39.8 Å². The maximum absolute atomic E-state index is 12.8. The molecule has 0 saturated carbocycles. The van der Waals surface area contributed by atoms with Crippen LogP contribution in [0, 0.1) is 17.3 Å². The molecule has 0 fully saturated rings. The first-order valence-corrected chi connectivity index (χ1v) is 8.67. The van der Waals surface area contributed by atoms with Crippen LogP contribution >= 0.6 is 0 Å².